The van der Waals surface area contributed by atoms with Gasteiger partial charge in [0.25, 0.3) is 0 Å². The van der Waals surface area contributed by atoms with E-state index >= 15 is 0 Å². The first-order valence-corrected chi connectivity index (χ1v) is 6.73. The Hall–Kier alpha value is 0.380. The van der Waals surface area contributed by atoms with Crippen molar-refractivity contribution in [1.82, 2.24) is 8.01 Å². The van der Waals surface area contributed by atoms with Crippen LogP contribution in [-0.2, 0) is 4.29 Å². The zero-order valence-electron chi connectivity index (χ0n) is 9.48. The molecule has 0 radical (unpaired) electrons. The molecule has 1 unspecified atom stereocenters. The summed E-state index contributed by atoms with van der Waals surface area (Å²) < 4.78 is 6.92. The molecular formula is C11H18ClIN2O. The fourth-order valence-corrected chi connectivity index (χ4v) is 1.94. The van der Waals surface area contributed by atoms with Crippen molar-refractivity contribution in [2.24, 2.45) is 0 Å². The van der Waals surface area contributed by atoms with E-state index in [-0.39, 0.29) is 6.10 Å². The second-order valence-electron chi connectivity index (χ2n) is 3.82. The molecule has 1 rings (SSSR count). The summed E-state index contributed by atoms with van der Waals surface area (Å²) >= 11 is 7.59. The molecule has 0 saturated carbocycles. The molecule has 0 aromatic heterocycles. The maximum Gasteiger partial charge on any atom is 0.0946 e. The molecule has 1 fully saturated rings. The summed E-state index contributed by atoms with van der Waals surface area (Å²) in [5, 5.41) is 0. The zero-order valence-corrected chi connectivity index (χ0v) is 12.4. The molecule has 0 spiro atoms. The van der Waals surface area contributed by atoms with E-state index in [0.717, 1.165) is 32.7 Å². The van der Waals surface area contributed by atoms with Gasteiger partial charge in [0, 0.05) is 55.6 Å². The highest BCUT2D eigenvalue weighted by Gasteiger charge is 2.12. The van der Waals surface area contributed by atoms with E-state index in [2.05, 4.69) is 41.2 Å². The van der Waals surface area contributed by atoms with Gasteiger partial charge in [-0.15, -0.1) is 0 Å². The van der Waals surface area contributed by atoms with Gasteiger partial charge in [0.05, 0.1) is 18.0 Å². The van der Waals surface area contributed by atoms with Crippen molar-refractivity contribution in [1.29, 1.82) is 0 Å². The van der Waals surface area contributed by atoms with Gasteiger partial charge in [-0.2, -0.15) is 0 Å². The van der Waals surface area contributed by atoms with Gasteiger partial charge >= 0.3 is 0 Å². The predicted molar refractivity (Wildman–Crippen MR) is 76.7 cm³/mol. The van der Waals surface area contributed by atoms with Crippen LogP contribution in [0.25, 0.3) is 0 Å². The lowest BCUT2D eigenvalue weighted by molar-refractivity contribution is 0.224. The number of allylic oxidation sites excluding steroid dienone is 2. The number of nitrogens with zero attached hydrogens (tertiary/aromatic N) is 2. The summed E-state index contributed by atoms with van der Waals surface area (Å²) in [5.41, 5.74) is 0. The van der Waals surface area contributed by atoms with Crippen molar-refractivity contribution in [2.45, 2.75) is 13.0 Å². The van der Waals surface area contributed by atoms with Crippen LogP contribution in [0.5, 0.6) is 0 Å². The van der Waals surface area contributed by atoms with Crippen molar-refractivity contribution in [2.75, 3.05) is 32.7 Å². The second kappa shape index (κ2) is 8.47. The second-order valence-corrected chi connectivity index (χ2v) is 5.36. The van der Waals surface area contributed by atoms with Crippen molar-refractivity contribution >= 4 is 34.7 Å². The Morgan fingerprint density at radius 3 is 2.62 bits per heavy atom. The Balaban J connectivity index is 2.14. The number of hydrogen-bond donors (Lipinski definition) is 0. The van der Waals surface area contributed by atoms with E-state index in [1.807, 2.05) is 25.2 Å². The molecule has 1 aliphatic heterocycles. The molecule has 0 bridgehead atoms. The highest BCUT2D eigenvalue weighted by molar-refractivity contribution is 14.1. The Labute approximate surface area is 117 Å². The highest BCUT2D eigenvalue weighted by atomic mass is 127. The average Bonchev–Trinajstić information content (AvgIpc) is 2.31. The SMILES string of the molecule is CC(/C=C\C=C/CN1CCN(I)CC1)OCl. The minimum atomic E-state index is -0.0334. The van der Waals surface area contributed by atoms with Gasteiger partial charge in [0.1, 0.15) is 0 Å². The standard InChI is InChI=1S/C11H18ClIN2O/c1-11(16-12)5-3-2-4-6-14-7-9-15(13)10-8-14/h2-5,11H,6-10H2,1H3/b4-2-,5-3-. The van der Waals surface area contributed by atoms with Crippen LogP contribution in [-0.4, -0.2) is 46.8 Å². The summed E-state index contributed by atoms with van der Waals surface area (Å²) in [6.07, 6.45) is 8.07. The molecule has 1 aliphatic rings. The van der Waals surface area contributed by atoms with E-state index in [1.165, 1.54) is 0 Å². The van der Waals surface area contributed by atoms with Gasteiger partial charge in [-0.3, -0.25) is 9.19 Å². The van der Waals surface area contributed by atoms with Crippen LogP contribution in [0.4, 0.5) is 0 Å². The molecule has 16 heavy (non-hydrogen) atoms. The third-order valence-electron chi connectivity index (χ3n) is 2.45. The summed E-state index contributed by atoms with van der Waals surface area (Å²) in [6.45, 7) is 7.53. The van der Waals surface area contributed by atoms with Gasteiger partial charge in [0.15, 0.2) is 0 Å². The van der Waals surface area contributed by atoms with Gasteiger partial charge < -0.3 is 0 Å². The van der Waals surface area contributed by atoms with Gasteiger partial charge in [-0.1, -0.05) is 24.3 Å². The van der Waals surface area contributed by atoms with E-state index in [4.69, 9.17) is 11.9 Å². The Bertz CT molecular complexity index is 240. The normalized spacial score (nSPS) is 22.2. The van der Waals surface area contributed by atoms with E-state index in [9.17, 15) is 0 Å². The molecule has 3 nitrogen and oxygen atoms in total. The summed E-state index contributed by atoms with van der Waals surface area (Å²) in [6, 6.07) is 0. The quantitative estimate of drug-likeness (QED) is 0.428. The largest absolute Gasteiger partial charge is 0.297 e. The molecule has 0 N–H and O–H groups in total. The van der Waals surface area contributed by atoms with Gasteiger partial charge in [-0.25, -0.2) is 3.11 Å². The average molecular weight is 357 g/mol. The monoisotopic (exact) mass is 356 g/mol. The third kappa shape index (κ3) is 6.20. The van der Waals surface area contributed by atoms with Crippen molar-refractivity contribution in [3.05, 3.63) is 24.3 Å². The number of halogens is 2. The molecule has 1 heterocycles. The fraction of sp³-hybridized carbons (Fsp3) is 0.636. The van der Waals surface area contributed by atoms with Crippen LogP contribution >= 0.6 is 34.7 Å². The first kappa shape index (κ1) is 14.4. The summed E-state index contributed by atoms with van der Waals surface area (Å²) in [4.78, 5) is 2.45. The molecule has 0 aromatic carbocycles. The van der Waals surface area contributed by atoms with Crippen molar-refractivity contribution in [3.63, 3.8) is 0 Å². The fourth-order valence-electron chi connectivity index (χ4n) is 1.44. The van der Waals surface area contributed by atoms with Crippen molar-refractivity contribution < 1.29 is 4.29 Å². The van der Waals surface area contributed by atoms with E-state index < -0.39 is 0 Å². The van der Waals surface area contributed by atoms with Crippen LogP contribution in [0.15, 0.2) is 24.3 Å². The predicted octanol–water partition coefficient (Wildman–Crippen LogP) is 2.63. The van der Waals surface area contributed by atoms with E-state index in [0.29, 0.717) is 0 Å². The Morgan fingerprint density at radius 1 is 1.31 bits per heavy atom. The highest BCUT2D eigenvalue weighted by Crippen LogP contribution is 2.05. The lowest BCUT2D eigenvalue weighted by Crippen LogP contribution is -2.41. The molecule has 0 aliphatic carbocycles. The number of rotatable bonds is 5. The van der Waals surface area contributed by atoms with Crippen LogP contribution in [0.3, 0.4) is 0 Å². The van der Waals surface area contributed by atoms with E-state index in [1.54, 1.807) is 0 Å². The van der Waals surface area contributed by atoms with Crippen LogP contribution in [0.2, 0.25) is 0 Å². The maximum absolute atomic E-state index is 5.21. The molecule has 5 heteroatoms. The number of piperazine rings is 1. The third-order valence-corrected chi connectivity index (χ3v) is 3.70. The molecule has 1 saturated heterocycles. The van der Waals surface area contributed by atoms with Gasteiger partial charge in [-0.05, 0) is 6.92 Å². The van der Waals surface area contributed by atoms with Gasteiger partial charge in [0.2, 0.25) is 0 Å². The smallest absolute Gasteiger partial charge is 0.0946 e. The van der Waals surface area contributed by atoms with Crippen molar-refractivity contribution in [3.8, 4) is 0 Å². The molecule has 92 valence electrons. The van der Waals surface area contributed by atoms with Crippen LogP contribution in [0.1, 0.15) is 6.92 Å². The molecular weight excluding hydrogens is 338 g/mol. The topological polar surface area (TPSA) is 15.7 Å². The zero-order chi connectivity index (χ0) is 11.8. The lowest BCUT2D eigenvalue weighted by Gasteiger charge is -2.30. The lowest BCUT2D eigenvalue weighted by atomic mass is 10.3. The first-order chi connectivity index (χ1) is 7.72. The Morgan fingerprint density at radius 2 is 2.00 bits per heavy atom. The molecule has 1 atom stereocenters. The van der Waals surface area contributed by atoms with Crippen LogP contribution < -0.4 is 0 Å². The Kier molecular flexibility index (Phi) is 7.64. The first-order valence-electron chi connectivity index (χ1n) is 5.46. The summed E-state index contributed by atoms with van der Waals surface area (Å²) in [7, 11) is 0. The minimum absolute atomic E-state index is 0.0334. The van der Waals surface area contributed by atoms with Crippen LogP contribution in [0, 0.1) is 0 Å². The maximum atomic E-state index is 5.21. The molecule has 0 aromatic rings. The number of hydrogen-bond acceptors (Lipinski definition) is 3. The summed E-state index contributed by atoms with van der Waals surface area (Å²) in [5.74, 6) is 0. The molecule has 0 amide bonds. The minimum Gasteiger partial charge on any atom is -0.297 e.